The molecule has 1 rings (SSSR count). The predicted octanol–water partition coefficient (Wildman–Crippen LogP) is 0.976. The van der Waals surface area contributed by atoms with Crippen LogP contribution in [-0.4, -0.2) is 25.1 Å². The van der Waals surface area contributed by atoms with Gasteiger partial charge in [-0.05, 0) is 19.8 Å². The molecule has 1 aliphatic rings. The van der Waals surface area contributed by atoms with Crippen molar-refractivity contribution in [1.29, 1.82) is 0 Å². The predicted molar refractivity (Wildman–Crippen MR) is 54.6 cm³/mol. The van der Waals surface area contributed by atoms with Gasteiger partial charge < -0.3 is 10.2 Å². The third-order valence-corrected chi connectivity index (χ3v) is 2.45. The molecular weight excluding hydrogens is 180 g/mol. The molecule has 0 heterocycles. The van der Waals surface area contributed by atoms with Crippen LogP contribution in [0.3, 0.4) is 0 Å². The minimum Gasteiger partial charge on any atom is -0.352 e. The molecule has 14 heavy (non-hydrogen) atoms. The van der Waals surface area contributed by atoms with Crippen molar-refractivity contribution in [3.63, 3.8) is 0 Å². The van der Waals surface area contributed by atoms with E-state index in [-0.39, 0.29) is 12.5 Å². The molecule has 0 bridgehead atoms. The molecule has 0 atom stereocenters. The van der Waals surface area contributed by atoms with E-state index in [1.807, 2.05) is 6.92 Å². The van der Waals surface area contributed by atoms with E-state index in [1.54, 1.807) is 0 Å². The Morgan fingerprint density at radius 1 is 1.36 bits per heavy atom. The topological polar surface area (TPSA) is 50.4 Å². The first-order chi connectivity index (χ1) is 6.83. The molecule has 82 valence electrons. The van der Waals surface area contributed by atoms with Gasteiger partial charge in [-0.1, -0.05) is 19.3 Å². The van der Waals surface area contributed by atoms with Crippen molar-refractivity contribution in [1.82, 2.24) is 10.8 Å². The first-order valence-electron chi connectivity index (χ1n) is 5.47. The van der Waals surface area contributed by atoms with E-state index in [4.69, 9.17) is 4.84 Å². The maximum atomic E-state index is 11.3. The quantitative estimate of drug-likeness (QED) is 0.513. The lowest BCUT2D eigenvalue weighted by molar-refractivity contribution is -0.123. The number of amides is 1. The largest absolute Gasteiger partial charge is 0.352 e. The summed E-state index contributed by atoms with van der Waals surface area (Å²) in [6.45, 7) is 2.72. The smallest absolute Gasteiger partial charge is 0.236 e. The van der Waals surface area contributed by atoms with E-state index in [1.165, 1.54) is 19.3 Å². The molecule has 1 amide bonds. The molecule has 2 N–H and O–H groups in total. The Hall–Kier alpha value is -0.610. The second-order valence-electron chi connectivity index (χ2n) is 3.66. The van der Waals surface area contributed by atoms with Crippen molar-refractivity contribution in [3.8, 4) is 0 Å². The van der Waals surface area contributed by atoms with Gasteiger partial charge in [-0.3, -0.25) is 4.79 Å². The van der Waals surface area contributed by atoms with Crippen molar-refractivity contribution in [2.45, 2.75) is 45.1 Å². The molecule has 1 saturated carbocycles. The maximum Gasteiger partial charge on any atom is 0.236 e. The first kappa shape index (κ1) is 11.5. The summed E-state index contributed by atoms with van der Waals surface area (Å²) in [6.07, 6.45) is 6.04. The minimum absolute atomic E-state index is 0.0327. The zero-order valence-electron chi connectivity index (χ0n) is 8.84. The molecule has 0 aliphatic heterocycles. The van der Waals surface area contributed by atoms with Crippen molar-refractivity contribution in [2.24, 2.45) is 0 Å². The van der Waals surface area contributed by atoms with Crippen LogP contribution in [0, 0.1) is 0 Å². The normalized spacial score (nSPS) is 18.1. The second kappa shape index (κ2) is 6.79. The van der Waals surface area contributed by atoms with E-state index >= 15 is 0 Å². The molecule has 4 nitrogen and oxygen atoms in total. The molecule has 4 heteroatoms. The summed E-state index contributed by atoms with van der Waals surface area (Å²) in [6, 6.07) is 0.389. The lowest BCUT2D eigenvalue weighted by Gasteiger charge is -2.22. The molecule has 0 aromatic heterocycles. The summed E-state index contributed by atoms with van der Waals surface area (Å²) >= 11 is 0. The fraction of sp³-hybridized carbons (Fsp3) is 0.900. The van der Waals surface area contributed by atoms with E-state index in [0.29, 0.717) is 12.6 Å². The molecule has 0 aromatic carbocycles. The number of carbonyl (C=O) groups excluding carboxylic acids is 1. The Kier molecular flexibility index (Phi) is 5.56. The van der Waals surface area contributed by atoms with Gasteiger partial charge in [0.1, 0.15) is 0 Å². The Balaban J connectivity index is 2.06. The van der Waals surface area contributed by atoms with Crippen LogP contribution in [0.2, 0.25) is 0 Å². The third-order valence-electron chi connectivity index (χ3n) is 2.45. The van der Waals surface area contributed by atoms with E-state index in [0.717, 1.165) is 12.8 Å². The zero-order valence-corrected chi connectivity index (χ0v) is 8.84. The number of rotatable bonds is 5. The zero-order chi connectivity index (χ0) is 10.2. The van der Waals surface area contributed by atoms with Crippen LogP contribution < -0.4 is 10.8 Å². The summed E-state index contributed by atoms with van der Waals surface area (Å²) in [5, 5.41) is 3.00. The van der Waals surface area contributed by atoms with Gasteiger partial charge >= 0.3 is 0 Å². The molecule has 1 aliphatic carbocycles. The standard InChI is InChI=1S/C10H20N2O2/c1-2-14-11-8-10(13)12-9-6-4-3-5-7-9/h9,11H,2-8H2,1H3,(H,12,13). The summed E-state index contributed by atoms with van der Waals surface area (Å²) in [7, 11) is 0. The molecule has 0 saturated heterocycles. The van der Waals surface area contributed by atoms with Crippen LogP contribution in [0.4, 0.5) is 0 Å². The minimum atomic E-state index is 0.0327. The van der Waals surface area contributed by atoms with Crippen molar-refractivity contribution in [2.75, 3.05) is 13.2 Å². The molecule has 0 unspecified atom stereocenters. The molecule has 1 fully saturated rings. The summed E-state index contributed by atoms with van der Waals surface area (Å²) in [5.74, 6) is 0.0327. The average molecular weight is 200 g/mol. The highest BCUT2D eigenvalue weighted by Crippen LogP contribution is 2.16. The Bertz CT molecular complexity index is 168. The number of carbonyl (C=O) groups is 1. The van der Waals surface area contributed by atoms with Gasteiger partial charge in [0, 0.05) is 6.04 Å². The van der Waals surface area contributed by atoms with Gasteiger partial charge in [-0.15, -0.1) is 0 Å². The lowest BCUT2D eigenvalue weighted by atomic mass is 9.95. The highest BCUT2D eigenvalue weighted by molar-refractivity contribution is 5.78. The number of hydrogen-bond acceptors (Lipinski definition) is 3. The molecular formula is C10H20N2O2. The molecule has 0 radical (unpaired) electrons. The monoisotopic (exact) mass is 200 g/mol. The summed E-state index contributed by atoms with van der Waals surface area (Å²) in [5.41, 5.74) is 2.61. The van der Waals surface area contributed by atoms with Crippen LogP contribution in [0.25, 0.3) is 0 Å². The van der Waals surface area contributed by atoms with E-state index in [9.17, 15) is 4.79 Å². The van der Waals surface area contributed by atoms with Crippen molar-refractivity contribution >= 4 is 5.91 Å². The van der Waals surface area contributed by atoms with Gasteiger partial charge in [0.25, 0.3) is 0 Å². The van der Waals surface area contributed by atoms with Crippen LogP contribution in [0.1, 0.15) is 39.0 Å². The fourth-order valence-corrected chi connectivity index (χ4v) is 1.74. The Morgan fingerprint density at radius 3 is 2.71 bits per heavy atom. The van der Waals surface area contributed by atoms with Gasteiger partial charge in [0.15, 0.2) is 0 Å². The van der Waals surface area contributed by atoms with E-state index in [2.05, 4.69) is 10.8 Å². The highest BCUT2D eigenvalue weighted by atomic mass is 16.6. The number of hydroxylamine groups is 1. The fourth-order valence-electron chi connectivity index (χ4n) is 1.74. The van der Waals surface area contributed by atoms with Crippen LogP contribution in [0.5, 0.6) is 0 Å². The molecule has 0 aromatic rings. The number of nitrogens with one attached hydrogen (secondary N) is 2. The second-order valence-corrected chi connectivity index (χ2v) is 3.66. The van der Waals surface area contributed by atoms with Gasteiger partial charge in [0.05, 0.1) is 13.2 Å². The van der Waals surface area contributed by atoms with Gasteiger partial charge in [0.2, 0.25) is 5.91 Å². The van der Waals surface area contributed by atoms with Crippen LogP contribution in [-0.2, 0) is 9.63 Å². The van der Waals surface area contributed by atoms with Crippen molar-refractivity contribution < 1.29 is 9.63 Å². The van der Waals surface area contributed by atoms with Crippen molar-refractivity contribution in [3.05, 3.63) is 0 Å². The van der Waals surface area contributed by atoms with E-state index < -0.39 is 0 Å². The SMILES string of the molecule is CCONCC(=O)NC1CCCCC1. The van der Waals surface area contributed by atoms with Gasteiger partial charge in [-0.25, -0.2) is 0 Å². The van der Waals surface area contributed by atoms with Gasteiger partial charge in [-0.2, -0.15) is 5.48 Å². The first-order valence-corrected chi connectivity index (χ1v) is 5.47. The molecule has 0 spiro atoms. The van der Waals surface area contributed by atoms with Crippen LogP contribution in [0.15, 0.2) is 0 Å². The summed E-state index contributed by atoms with van der Waals surface area (Å²) < 4.78 is 0. The Labute approximate surface area is 85.3 Å². The highest BCUT2D eigenvalue weighted by Gasteiger charge is 2.14. The maximum absolute atomic E-state index is 11.3. The average Bonchev–Trinajstić information content (AvgIpc) is 2.20. The summed E-state index contributed by atoms with van der Waals surface area (Å²) in [4.78, 5) is 16.2. The van der Waals surface area contributed by atoms with Crippen LogP contribution >= 0.6 is 0 Å². The third kappa shape index (κ3) is 4.58. The number of hydrogen-bond donors (Lipinski definition) is 2. The Morgan fingerprint density at radius 2 is 2.07 bits per heavy atom. The lowest BCUT2D eigenvalue weighted by Crippen LogP contribution is -2.41.